The van der Waals surface area contributed by atoms with E-state index in [1.165, 1.54) is 4.31 Å². The number of nitrogens with zero attached hydrogens (tertiary/aromatic N) is 3. The summed E-state index contributed by atoms with van der Waals surface area (Å²) >= 11 is 0. The number of likely N-dealkylation sites (tertiary alicyclic amines) is 1. The summed E-state index contributed by atoms with van der Waals surface area (Å²) < 4.78 is 28.0. The van der Waals surface area contributed by atoms with Gasteiger partial charge in [0.05, 0.1) is 4.90 Å². The molecule has 1 aromatic rings. The van der Waals surface area contributed by atoms with Gasteiger partial charge >= 0.3 is 6.03 Å². The third-order valence-corrected chi connectivity index (χ3v) is 7.38. The Labute approximate surface area is 172 Å². The minimum atomic E-state index is -3.72. The standard InChI is InChI=1S/C20H30N4O4S/c1-4-22-13-20(12-18(22)25)14-23(19(26)21-16(2)3)10-11-24(15-20)29(27,28)17-8-6-5-7-9-17/h5-9,16H,4,10-15H2,1-3H3,(H,21,26). The number of hydrogen-bond acceptors (Lipinski definition) is 4. The summed E-state index contributed by atoms with van der Waals surface area (Å²) in [4.78, 5) is 28.9. The lowest BCUT2D eigenvalue weighted by Crippen LogP contribution is -2.49. The van der Waals surface area contributed by atoms with Gasteiger partial charge in [-0.15, -0.1) is 0 Å². The normalized spacial score (nSPS) is 23.7. The molecule has 3 amide bonds. The molecular formula is C20H30N4O4S. The fourth-order valence-electron chi connectivity index (χ4n) is 4.16. The van der Waals surface area contributed by atoms with Crippen LogP contribution >= 0.6 is 0 Å². The zero-order valence-electron chi connectivity index (χ0n) is 17.3. The number of carbonyl (C=O) groups is 2. The Morgan fingerprint density at radius 2 is 1.83 bits per heavy atom. The number of carbonyl (C=O) groups excluding carboxylic acids is 2. The fourth-order valence-corrected chi connectivity index (χ4v) is 5.72. The molecule has 8 nitrogen and oxygen atoms in total. The first-order valence-corrected chi connectivity index (χ1v) is 11.5. The molecule has 1 N–H and O–H groups in total. The lowest BCUT2D eigenvalue weighted by molar-refractivity contribution is -0.127. The second-order valence-electron chi connectivity index (χ2n) is 8.26. The first-order valence-electron chi connectivity index (χ1n) is 10.1. The summed E-state index contributed by atoms with van der Waals surface area (Å²) in [5.41, 5.74) is -0.611. The molecule has 1 aromatic carbocycles. The molecule has 2 heterocycles. The van der Waals surface area contributed by atoms with Gasteiger partial charge in [-0.2, -0.15) is 4.31 Å². The van der Waals surface area contributed by atoms with Gasteiger partial charge in [0.2, 0.25) is 15.9 Å². The van der Waals surface area contributed by atoms with Crippen LogP contribution in [0.25, 0.3) is 0 Å². The van der Waals surface area contributed by atoms with Crippen molar-refractivity contribution in [3.8, 4) is 0 Å². The van der Waals surface area contributed by atoms with E-state index in [1.807, 2.05) is 20.8 Å². The van der Waals surface area contributed by atoms with Crippen LogP contribution in [-0.2, 0) is 14.8 Å². The molecule has 0 bridgehead atoms. The van der Waals surface area contributed by atoms with Crippen molar-refractivity contribution in [3.63, 3.8) is 0 Å². The molecule has 0 aromatic heterocycles. The summed E-state index contributed by atoms with van der Waals surface area (Å²) in [6.45, 7) is 7.77. The molecule has 2 aliphatic heterocycles. The zero-order valence-corrected chi connectivity index (χ0v) is 18.1. The minimum absolute atomic E-state index is 0.00989. The molecule has 9 heteroatoms. The van der Waals surface area contributed by atoms with E-state index in [9.17, 15) is 18.0 Å². The van der Waals surface area contributed by atoms with Gasteiger partial charge in [-0.3, -0.25) is 4.79 Å². The van der Waals surface area contributed by atoms with Crippen LogP contribution in [0.15, 0.2) is 35.2 Å². The van der Waals surface area contributed by atoms with E-state index in [4.69, 9.17) is 0 Å². The van der Waals surface area contributed by atoms with Gasteiger partial charge in [0.1, 0.15) is 0 Å². The van der Waals surface area contributed by atoms with Crippen molar-refractivity contribution in [3.05, 3.63) is 30.3 Å². The van der Waals surface area contributed by atoms with Crippen LogP contribution in [0.3, 0.4) is 0 Å². The average Bonchev–Trinajstić information content (AvgIpc) is 2.86. The van der Waals surface area contributed by atoms with E-state index in [0.717, 1.165) is 0 Å². The third-order valence-electron chi connectivity index (χ3n) is 5.52. The number of nitrogens with one attached hydrogen (secondary N) is 1. The summed E-state index contributed by atoms with van der Waals surface area (Å²) in [5.74, 6) is 0.00989. The molecular weight excluding hydrogens is 392 g/mol. The van der Waals surface area contributed by atoms with Crippen molar-refractivity contribution in [2.75, 3.05) is 39.3 Å². The van der Waals surface area contributed by atoms with Crippen molar-refractivity contribution in [1.29, 1.82) is 0 Å². The molecule has 0 saturated carbocycles. The van der Waals surface area contributed by atoms with E-state index >= 15 is 0 Å². The maximum Gasteiger partial charge on any atom is 0.317 e. The quantitative estimate of drug-likeness (QED) is 0.793. The topological polar surface area (TPSA) is 90.0 Å². The summed E-state index contributed by atoms with van der Waals surface area (Å²) in [5, 5.41) is 2.89. The van der Waals surface area contributed by atoms with Crippen LogP contribution in [0.1, 0.15) is 27.2 Å². The number of urea groups is 1. The highest BCUT2D eigenvalue weighted by Gasteiger charge is 2.48. The Hall–Kier alpha value is -2.13. The molecule has 2 saturated heterocycles. The van der Waals surface area contributed by atoms with Gasteiger partial charge < -0.3 is 15.1 Å². The van der Waals surface area contributed by atoms with Crippen molar-refractivity contribution in [1.82, 2.24) is 19.4 Å². The number of sulfonamides is 1. The largest absolute Gasteiger partial charge is 0.342 e. The molecule has 0 radical (unpaired) electrons. The first kappa shape index (κ1) is 21.6. The predicted molar refractivity (Wildman–Crippen MR) is 110 cm³/mol. The second-order valence-corrected chi connectivity index (χ2v) is 10.2. The Morgan fingerprint density at radius 1 is 1.14 bits per heavy atom. The van der Waals surface area contributed by atoms with E-state index < -0.39 is 15.4 Å². The number of benzene rings is 1. The molecule has 2 fully saturated rings. The van der Waals surface area contributed by atoms with Crippen LogP contribution in [0.5, 0.6) is 0 Å². The number of amides is 3. The minimum Gasteiger partial charge on any atom is -0.342 e. The second kappa shape index (κ2) is 8.31. The summed E-state index contributed by atoms with van der Waals surface area (Å²) in [7, 11) is -3.72. The summed E-state index contributed by atoms with van der Waals surface area (Å²) in [6, 6.07) is 8.07. The molecule has 1 atom stereocenters. The smallest absolute Gasteiger partial charge is 0.317 e. The van der Waals surface area contributed by atoms with Crippen molar-refractivity contribution >= 4 is 22.0 Å². The average molecular weight is 423 g/mol. The highest BCUT2D eigenvalue weighted by molar-refractivity contribution is 7.89. The highest BCUT2D eigenvalue weighted by Crippen LogP contribution is 2.36. The van der Waals surface area contributed by atoms with Crippen molar-refractivity contribution in [2.45, 2.75) is 38.1 Å². The van der Waals surface area contributed by atoms with Crippen LogP contribution in [0.4, 0.5) is 4.79 Å². The molecule has 2 aliphatic rings. The number of rotatable bonds is 4. The fraction of sp³-hybridized carbons (Fsp3) is 0.600. The van der Waals surface area contributed by atoms with Gasteiger partial charge in [0, 0.05) is 57.1 Å². The van der Waals surface area contributed by atoms with Gasteiger partial charge in [0.15, 0.2) is 0 Å². The highest BCUT2D eigenvalue weighted by atomic mass is 32.2. The van der Waals surface area contributed by atoms with Crippen molar-refractivity contribution < 1.29 is 18.0 Å². The Bertz CT molecular complexity index is 858. The predicted octanol–water partition coefficient (Wildman–Crippen LogP) is 1.35. The molecule has 0 aliphatic carbocycles. The molecule has 160 valence electrons. The lowest BCUT2D eigenvalue weighted by atomic mass is 9.86. The summed E-state index contributed by atoms with van der Waals surface area (Å²) in [6.07, 6.45) is 0.243. The maximum absolute atomic E-state index is 13.3. The van der Waals surface area contributed by atoms with Gasteiger partial charge in [-0.1, -0.05) is 18.2 Å². The Kier molecular flexibility index (Phi) is 6.19. The van der Waals surface area contributed by atoms with Crippen LogP contribution < -0.4 is 5.32 Å². The molecule has 29 heavy (non-hydrogen) atoms. The lowest BCUT2D eigenvalue weighted by Gasteiger charge is -2.33. The zero-order chi connectivity index (χ0) is 21.2. The molecule has 1 spiro atoms. The SMILES string of the molecule is CCN1CC2(CC1=O)CN(C(=O)NC(C)C)CCN(S(=O)(=O)c1ccccc1)C2. The van der Waals surface area contributed by atoms with Crippen LogP contribution in [0.2, 0.25) is 0 Å². The van der Waals surface area contributed by atoms with Gasteiger partial charge in [-0.25, -0.2) is 13.2 Å². The van der Waals surface area contributed by atoms with E-state index in [0.29, 0.717) is 19.6 Å². The van der Waals surface area contributed by atoms with Gasteiger partial charge in [-0.05, 0) is 32.9 Å². The maximum atomic E-state index is 13.3. The Balaban J connectivity index is 1.93. The van der Waals surface area contributed by atoms with E-state index in [-0.39, 0.29) is 48.9 Å². The third kappa shape index (κ3) is 4.56. The molecule has 1 unspecified atom stereocenters. The Morgan fingerprint density at radius 3 is 2.41 bits per heavy atom. The monoisotopic (exact) mass is 422 g/mol. The first-order chi connectivity index (χ1) is 13.7. The van der Waals surface area contributed by atoms with E-state index in [1.54, 1.807) is 40.1 Å². The van der Waals surface area contributed by atoms with Crippen LogP contribution in [0, 0.1) is 5.41 Å². The molecule has 3 rings (SSSR count). The van der Waals surface area contributed by atoms with E-state index in [2.05, 4.69) is 5.32 Å². The van der Waals surface area contributed by atoms with Gasteiger partial charge in [0.25, 0.3) is 0 Å². The van der Waals surface area contributed by atoms with Crippen LogP contribution in [-0.4, -0.2) is 79.8 Å². The number of hydrogen-bond donors (Lipinski definition) is 1. The van der Waals surface area contributed by atoms with Crippen molar-refractivity contribution in [2.24, 2.45) is 5.41 Å².